The molecule has 0 radical (unpaired) electrons. The first-order valence-corrected chi connectivity index (χ1v) is 16.3. The third-order valence-electron chi connectivity index (χ3n) is 7.51. The lowest BCUT2D eigenvalue weighted by Crippen LogP contribution is -2.34. The maximum absolute atomic E-state index is 10.7. The molecule has 5 heteroatoms. The van der Waals surface area contributed by atoms with Gasteiger partial charge in [-0.3, -0.25) is 0 Å². The van der Waals surface area contributed by atoms with Gasteiger partial charge in [-0.2, -0.15) is 0 Å². The van der Waals surface area contributed by atoms with Crippen LogP contribution in [0.1, 0.15) is 123 Å². The lowest BCUT2D eigenvalue weighted by atomic mass is 10.0. The minimum Gasteiger partial charge on any atom is -0.497 e. The van der Waals surface area contributed by atoms with E-state index >= 15 is 0 Å². The molecule has 5 nitrogen and oxygen atoms in total. The Bertz CT molecular complexity index is 975. The fourth-order valence-electron chi connectivity index (χ4n) is 5.16. The van der Waals surface area contributed by atoms with E-state index in [9.17, 15) is 5.11 Å². The Hall–Kier alpha value is -2.28. The number of hydrogen-bond donors (Lipinski definition) is 1. The molecule has 1 saturated heterocycles. The molecule has 1 aromatic carbocycles. The van der Waals surface area contributed by atoms with Gasteiger partial charge in [-0.25, -0.2) is 0 Å². The normalized spacial score (nSPS) is 18.3. The summed E-state index contributed by atoms with van der Waals surface area (Å²) in [5.41, 5.74) is 1.05. The van der Waals surface area contributed by atoms with Crippen molar-refractivity contribution in [2.45, 2.75) is 148 Å². The van der Waals surface area contributed by atoms with Crippen molar-refractivity contribution in [1.29, 1.82) is 0 Å². The van der Waals surface area contributed by atoms with Crippen LogP contribution in [0.25, 0.3) is 0 Å². The third-order valence-corrected chi connectivity index (χ3v) is 7.51. The van der Waals surface area contributed by atoms with Crippen LogP contribution in [0.3, 0.4) is 0 Å². The number of rotatable bonds is 21. The predicted octanol–water partition coefficient (Wildman–Crippen LogP) is 8.53. The van der Waals surface area contributed by atoms with E-state index in [1.807, 2.05) is 38.1 Å². The van der Waals surface area contributed by atoms with Crippen LogP contribution in [0.2, 0.25) is 0 Å². The van der Waals surface area contributed by atoms with Gasteiger partial charge >= 0.3 is 0 Å². The van der Waals surface area contributed by atoms with Crippen molar-refractivity contribution in [2.75, 3.05) is 13.7 Å². The molecule has 1 N–H and O–H groups in total. The zero-order valence-electron chi connectivity index (χ0n) is 26.8. The monoisotopic (exact) mass is 580 g/mol. The maximum Gasteiger partial charge on any atom is 0.163 e. The molecule has 1 aromatic rings. The van der Waals surface area contributed by atoms with Gasteiger partial charge in [-0.1, -0.05) is 107 Å². The smallest absolute Gasteiger partial charge is 0.163 e. The molecule has 1 aliphatic rings. The van der Waals surface area contributed by atoms with Crippen LogP contribution in [0, 0.1) is 23.7 Å². The van der Waals surface area contributed by atoms with Gasteiger partial charge in [0.25, 0.3) is 0 Å². The number of methoxy groups -OCH3 is 1. The maximum atomic E-state index is 10.7. The molecular weight excluding hydrogens is 524 g/mol. The quantitative estimate of drug-likeness (QED) is 0.0897. The topological polar surface area (TPSA) is 57.2 Å². The van der Waals surface area contributed by atoms with Crippen LogP contribution in [0.15, 0.2) is 36.4 Å². The fraction of sp³-hybridized carbons (Fsp3) is 0.676. The number of aliphatic hydroxyl groups excluding tert-OH is 1. The van der Waals surface area contributed by atoms with E-state index in [2.05, 4.69) is 42.8 Å². The summed E-state index contributed by atoms with van der Waals surface area (Å²) < 4.78 is 22.8. The highest BCUT2D eigenvalue weighted by Crippen LogP contribution is 2.32. The molecule has 1 fully saturated rings. The molecule has 3 atom stereocenters. The number of allylic oxidation sites excluding steroid dienone is 2. The number of aliphatic hydroxyl groups is 1. The van der Waals surface area contributed by atoms with Gasteiger partial charge in [-0.05, 0) is 75.5 Å². The summed E-state index contributed by atoms with van der Waals surface area (Å²) in [5.74, 6) is 11.3. The lowest BCUT2D eigenvalue weighted by molar-refractivity contribution is -0.152. The molecule has 0 spiro atoms. The molecule has 42 heavy (non-hydrogen) atoms. The van der Waals surface area contributed by atoms with Gasteiger partial charge in [0.05, 0.1) is 19.8 Å². The Morgan fingerprint density at radius 3 is 2.12 bits per heavy atom. The van der Waals surface area contributed by atoms with Crippen LogP contribution in [0.5, 0.6) is 5.75 Å². The zero-order chi connectivity index (χ0) is 30.3. The third kappa shape index (κ3) is 16.4. The minimum absolute atomic E-state index is 0.167. The van der Waals surface area contributed by atoms with Gasteiger partial charge in [0, 0.05) is 0 Å². The van der Waals surface area contributed by atoms with Crippen LogP contribution in [0.4, 0.5) is 0 Å². The van der Waals surface area contributed by atoms with E-state index in [1.54, 1.807) is 7.11 Å². The van der Waals surface area contributed by atoms with E-state index in [4.69, 9.17) is 18.9 Å². The Balaban J connectivity index is 1.56. The number of unbranched alkanes of at least 4 members (excludes halogenated alkanes) is 12. The van der Waals surface area contributed by atoms with E-state index in [1.165, 1.54) is 83.5 Å². The Labute approximate surface area is 256 Å². The van der Waals surface area contributed by atoms with Crippen molar-refractivity contribution in [3.8, 4) is 29.4 Å². The average molecular weight is 581 g/mol. The molecular formula is C37H56O5. The average Bonchev–Trinajstić information content (AvgIpc) is 3.30. The van der Waals surface area contributed by atoms with E-state index < -0.39 is 18.0 Å². The van der Waals surface area contributed by atoms with Gasteiger partial charge in [-0.15, -0.1) is 0 Å². The Morgan fingerprint density at radius 1 is 0.857 bits per heavy atom. The van der Waals surface area contributed by atoms with Gasteiger partial charge in [0.15, 0.2) is 5.79 Å². The second kappa shape index (κ2) is 22.3. The van der Waals surface area contributed by atoms with Gasteiger partial charge in [0.2, 0.25) is 0 Å². The van der Waals surface area contributed by atoms with Crippen molar-refractivity contribution in [1.82, 2.24) is 0 Å². The number of benzene rings is 1. The summed E-state index contributed by atoms with van der Waals surface area (Å²) in [4.78, 5) is 0. The molecule has 1 aliphatic heterocycles. The highest BCUT2D eigenvalue weighted by molar-refractivity contribution is 5.29. The molecule has 0 bridgehead atoms. The summed E-state index contributed by atoms with van der Waals surface area (Å²) in [6.45, 7) is 6.79. The summed E-state index contributed by atoms with van der Waals surface area (Å²) >= 11 is 0. The van der Waals surface area contributed by atoms with E-state index in [-0.39, 0.29) is 12.7 Å². The Kier molecular flexibility index (Phi) is 19.1. The van der Waals surface area contributed by atoms with Crippen molar-refractivity contribution in [3.63, 3.8) is 0 Å². The van der Waals surface area contributed by atoms with Crippen LogP contribution < -0.4 is 4.74 Å². The summed E-state index contributed by atoms with van der Waals surface area (Å²) in [6, 6.07) is 7.72. The highest BCUT2D eigenvalue weighted by atomic mass is 16.8. The fourth-order valence-corrected chi connectivity index (χ4v) is 5.16. The SMILES string of the molecule is CCCCCCCCC/C=C\CCCCCCC[C@@H]1OC(C)(C)O[C@H]1[C@H](O)C#CC#CCOCc1ccc(OC)cc1. The first kappa shape index (κ1) is 35.9. The molecule has 0 amide bonds. The minimum atomic E-state index is -0.945. The van der Waals surface area contributed by atoms with Crippen LogP contribution in [-0.2, 0) is 20.8 Å². The van der Waals surface area contributed by atoms with Gasteiger partial charge in [0.1, 0.15) is 24.6 Å². The van der Waals surface area contributed by atoms with Crippen molar-refractivity contribution in [2.24, 2.45) is 0 Å². The van der Waals surface area contributed by atoms with Crippen LogP contribution >= 0.6 is 0 Å². The molecule has 0 saturated carbocycles. The standard InChI is InChI=1S/C37H56O5/c1-5-6-7-8-9-10-11-12-13-14-15-16-17-18-19-22-25-35-36(42-37(2,3)41-35)34(38)24-21-20-23-30-40-31-32-26-28-33(39-4)29-27-32/h13-14,26-29,34-36,38H,5-12,15-19,22,25,30-31H2,1-4H3/b14-13-/t34-,35+,36+/m1/s1. The van der Waals surface area contributed by atoms with Crippen molar-refractivity contribution >= 4 is 0 Å². The largest absolute Gasteiger partial charge is 0.497 e. The van der Waals surface area contributed by atoms with Gasteiger partial charge < -0.3 is 24.1 Å². The zero-order valence-corrected chi connectivity index (χ0v) is 26.8. The second-order valence-corrected chi connectivity index (χ2v) is 11.7. The van der Waals surface area contributed by atoms with Crippen molar-refractivity contribution in [3.05, 3.63) is 42.0 Å². The summed E-state index contributed by atoms with van der Waals surface area (Å²) in [6.07, 6.45) is 22.1. The van der Waals surface area contributed by atoms with E-state index in [0.29, 0.717) is 6.61 Å². The molecule has 0 aliphatic carbocycles. The number of ether oxygens (including phenoxy) is 4. The first-order valence-electron chi connectivity index (χ1n) is 16.3. The lowest BCUT2D eigenvalue weighted by Gasteiger charge is -2.18. The van der Waals surface area contributed by atoms with E-state index in [0.717, 1.165) is 24.2 Å². The molecule has 1 heterocycles. The molecule has 0 aromatic heterocycles. The first-order chi connectivity index (χ1) is 20.4. The summed E-state index contributed by atoms with van der Waals surface area (Å²) in [7, 11) is 1.65. The molecule has 234 valence electrons. The predicted molar refractivity (Wildman–Crippen MR) is 172 cm³/mol. The van der Waals surface area contributed by atoms with Crippen LogP contribution in [-0.4, -0.2) is 42.9 Å². The number of hydrogen-bond acceptors (Lipinski definition) is 5. The molecule has 2 rings (SSSR count). The highest BCUT2D eigenvalue weighted by Gasteiger charge is 2.43. The molecule has 0 unspecified atom stereocenters. The van der Waals surface area contributed by atoms with Crippen molar-refractivity contribution < 1.29 is 24.1 Å². The summed E-state index contributed by atoms with van der Waals surface area (Å²) in [5, 5.41) is 10.7. The Morgan fingerprint density at radius 2 is 1.48 bits per heavy atom. The second-order valence-electron chi connectivity index (χ2n) is 11.7.